The summed E-state index contributed by atoms with van der Waals surface area (Å²) in [6.45, 7) is 2.09. The van der Waals surface area contributed by atoms with Crippen LogP contribution in [0.25, 0.3) is 0 Å². The second kappa shape index (κ2) is 38.7. The minimum absolute atomic E-state index is 0.0888. The fourth-order valence-corrected chi connectivity index (χ4v) is 6.39. The maximum Gasteiger partial charge on any atom is 0.472 e. The summed E-state index contributed by atoms with van der Waals surface area (Å²) in [5, 5.41) is 18.3. The van der Waals surface area contributed by atoms with Crippen LogP contribution >= 0.6 is 7.82 Å². The number of epoxide rings is 1. The van der Waals surface area contributed by atoms with Gasteiger partial charge in [0.1, 0.15) is 12.7 Å². The van der Waals surface area contributed by atoms with E-state index in [1.165, 1.54) is 38.5 Å². The molecule has 11 nitrogen and oxygen atoms in total. The molecule has 1 aliphatic rings. The van der Waals surface area contributed by atoms with Crippen molar-refractivity contribution in [1.82, 2.24) is 0 Å². The summed E-state index contributed by atoms with van der Waals surface area (Å²) in [6, 6.07) is 0. The Morgan fingerprint density at radius 2 is 1.10 bits per heavy atom. The van der Waals surface area contributed by atoms with Gasteiger partial charge in [0.2, 0.25) is 0 Å². The number of ether oxygens (including phenoxy) is 3. The number of allylic oxidation sites excluding steroid dienone is 14. The number of aliphatic hydroxyl groups excluding tert-OH is 2. The molecule has 0 aliphatic carbocycles. The number of hydrogen-bond donors (Lipinski definition) is 3. The van der Waals surface area contributed by atoms with Gasteiger partial charge in [-0.1, -0.05) is 143 Å². The number of carbonyl (C=O) groups excluding carboxylic acids is 2. The number of rotatable bonds is 39. The summed E-state index contributed by atoms with van der Waals surface area (Å²) in [5.41, 5.74) is 0. The lowest BCUT2D eigenvalue weighted by Crippen LogP contribution is -2.29. The van der Waals surface area contributed by atoms with Crippen LogP contribution in [0.15, 0.2) is 97.2 Å². The van der Waals surface area contributed by atoms with Crippen molar-refractivity contribution in [2.75, 3.05) is 26.4 Å². The Kier molecular flexibility index (Phi) is 35.4. The Bertz CT molecular complexity index is 1380. The number of aliphatic hydroxyl groups is 2. The van der Waals surface area contributed by atoms with Gasteiger partial charge in [0.25, 0.3) is 0 Å². The molecule has 0 aromatic heterocycles. The van der Waals surface area contributed by atoms with Crippen LogP contribution < -0.4 is 0 Å². The molecule has 5 atom stereocenters. The average Bonchev–Trinajstić information content (AvgIpc) is 3.99. The Morgan fingerprint density at radius 1 is 0.600 bits per heavy atom. The van der Waals surface area contributed by atoms with Crippen LogP contribution in [0.3, 0.4) is 0 Å². The standard InChI is InChI=1S/C48H77O11P/c1-3-5-7-8-9-10-11-12-13-14-15-16-21-24-27-30-34-38-48(52)58-44(42-57-60(53,54)56-40-43(50)39-49)41-55-47(51)37-33-29-26-23-20-18-17-19-22-25-28-32-36-46-45(59-46)35-31-6-4-2/h6,12-13,15-16,18-20,22,24,26-29,31-32,43-46,49-50H,3-5,7-11,14,17,21,23,25,30,33-42H2,1-2H3,(H,53,54)/b13-12-,16-15-,20-18-,22-19-,27-24-,29-26-,31-6-,32-28-/t43-,44+,45?,46?/m0/s1. The fraction of sp³-hybridized carbons (Fsp3) is 0.625. The van der Waals surface area contributed by atoms with Crippen molar-refractivity contribution >= 4 is 19.8 Å². The molecule has 0 amide bonds. The molecular formula is C48H77O11P. The smallest absolute Gasteiger partial charge is 0.462 e. The monoisotopic (exact) mass is 861 g/mol. The van der Waals surface area contributed by atoms with E-state index in [1.807, 2.05) is 24.3 Å². The SMILES string of the molecule is CC/C=C\CC1OC1C/C=C\C/C=C\C/C=C\C/C=C\CCC(=O)OC[C@H](COP(=O)(O)OC[C@@H](O)CO)OC(=O)CCC/C=C\C/C=C\C/C=C\CCCCCCCC. The number of hydrogen-bond acceptors (Lipinski definition) is 10. The molecular weight excluding hydrogens is 783 g/mol. The maximum absolute atomic E-state index is 12.6. The van der Waals surface area contributed by atoms with Crippen molar-refractivity contribution in [3.63, 3.8) is 0 Å². The van der Waals surface area contributed by atoms with Gasteiger partial charge in [-0.2, -0.15) is 0 Å². The van der Waals surface area contributed by atoms with E-state index in [1.54, 1.807) is 0 Å². The number of phosphoric acid groups is 1. The van der Waals surface area contributed by atoms with Gasteiger partial charge in [-0.3, -0.25) is 18.6 Å². The summed E-state index contributed by atoms with van der Waals surface area (Å²) in [7, 11) is -4.66. The molecule has 0 spiro atoms. The predicted octanol–water partition coefficient (Wildman–Crippen LogP) is 11.0. The zero-order valence-corrected chi connectivity index (χ0v) is 37.5. The van der Waals surface area contributed by atoms with Crippen molar-refractivity contribution in [3.05, 3.63) is 97.2 Å². The lowest BCUT2D eigenvalue weighted by atomic mass is 10.1. The Hall–Kier alpha value is -3.15. The summed E-state index contributed by atoms with van der Waals surface area (Å²) in [6.07, 6.45) is 50.1. The molecule has 1 rings (SSSR count). The third-order valence-electron chi connectivity index (χ3n) is 9.14. The summed E-state index contributed by atoms with van der Waals surface area (Å²) < 4.78 is 38.3. The summed E-state index contributed by atoms with van der Waals surface area (Å²) in [4.78, 5) is 35.0. The van der Waals surface area contributed by atoms with Crippen LogP contribution in [-0.4, -0.2) is 77.9 Å². The lowest BCUT2D eigenvalue weighted by molar-refractivity contribution is -0.161. The predicted molar refractivity (Wildman–Crippen MR) is 241 cm³/mol. The average molecular weight is 861 g/mol. The number of carbonyl (C=O) groups is 2. The van der Waals surface area contributed by atoms with Gasteiger partial charge in [-0.05, 0) is 83.5 Å². The van der Waals surface area contributed by atoms with E-state index < -0.39 is 51.8 Å². The van der Waals surface area contributed by atoms with E-state index in [4.69, 9.17) is 23.8 Å². The van der Waals surface area contributed by atoms with Gasteiger partial charge in [0.05, 0.1) is 32.0 Å². The van der Waals surface area contributed by atoms with Gasteiger partial charge in [-0.15, -0.1) is 0 Å². The molecule has 60 heavy (non-hydrogen) atoms. The largest absolute Gasteiger partial charge is 0.472 e. The number of phosphoric ester groups is 1. The van der Waals surface area contributed by atoms with E-state index in [-0.39, 0.29) is 19.4 Å². The lowest BCUT2D eigenvalue weighted by Gasteiger charge is -2.20. The van der Waals surface area contributed by atoms with Gasteiger partial charge < -0.3 is 29.3 Å². The first-order chi connectivity index (χ1) is 29.2. The Morgan fingerprint density at radius 3 is 1.68 bits per heavy atom. The third kappa shape index (κ3) is 35.6. The van der Waals surface area contributed by atoms with Crippen molar-refractivity contribution in [3.8, 4) is 0 Å². The Labute approximate surface area is 361 Å². The molecule has 1 fully saturated rings. The van der Waals surface area contributed by atoms with Gasteiger partial charge in [-0.25, -0.2) is 4.57 Å². The molecule has 0 bridgehead atoms. The summed E-state index contributed by atoms with van der Waals surface area (Å²) >= 11 is 0. The second-order valence-electron chi connectivity index (χ2n) is 14.7. The van der Waals surface area contributed by atoms with Gasteiger partial charge in [0, 0.05) is 12.8 Å². The highest BCUT2D eigenvalue weighted by Crippen LogP contribution is 2.43. The molecule has 1 saturated heterocycles. The van der Waals surface area contributed by atoms with Crippen LogP contribution in [0.4, 0.5) is 0 Å². The van der Waals surface area contributed by atoms with Crippen molar-refractivity contribution in [1.29, 1.82) is 0 Å². The minimum Gasteiger partial charge on any atom is -0.462 e. The molecule has 3 N–H and O–H groups in total. The molecule has 12 heteroatoms. The van der Waals surface area contributed by atoms with Gasteiger partial charge >= 0.3 is 19.8 Å². The minimum atomic E-state index is -4.66. The molecule has 3 unspecified atom stereocenters. The van der Waals surface area contributed by atoms with Crippen molar-refractivity contribution in [2.45, 2.75) is 167 Å². The second-order valence-corrected chi connectivity index (χ2v) is 16.2. The van der Waals surface area contributed by atoms with Crippen LogP contribution in [-0.2, 0) is 37.4 Å². The number of esters is 2. The van der Waals surface area contributed by atoms with E-state index in [0.717, 1.165) is 57.8 Å². The highest BCUT2D eigenvalue weighted by molar-refractivity contribution is 7.47. The van der Waals surface area contributed by atoms with E-state index in [2.05, 4.69) is 91.3 Å². The molecule has 340 valence electrons. The normalized spacial score (nSPS) is 18.1. The first-order valence-corrected chi connectivity index (χ1v) is 23.8. The van der Waals surface area contributed by atoms with Crippen molar-refractivity contribution < 1.29 is 52.5 Å². The van der Waals surface area contributed by atoms with Gasteiger partial charge in [0.15, 0.2) is 6.10 Å². The quantitative estimate of drug-likeness (QED) is 0.0177. The van der Waals surface area contributed by atoms with E-state index in [0.29, 0.717) is 31.5 Å². The molecule has 0 radical (unpaired) electrons. The third-order valence-corrected chi connectivity index (χ3v) is 10.1. The van der Waals surface area contributed by atoms with Crippen LogP contribution in [0.2, 0.25) is 0 Å². The van der Waals surface area contributed by atoms with E-state index in [9.17, 15) is 24.2 Å². The van der Waals surface area contributed by atoms with E-state index >= 15 is 0 Å². The summed E-state index contributed by atoms with van der Waals surface area (Å²) in [5.74, 6) is -1.10. The van der Waals surface area contributed by atoms with Crippen LogP contribution in [0.5, 0.6) is 0 Å². The topological polar surface area (TPSA) is 161 Å². The van der Waals surface area contributed by atoms with Crippen molar-refractivity contribution in [2.24, 2.45) is 0 Å². The van der Waals surface area contributed by atoms with Crippen LogP contribution in [0.1, 0.15) is 142 Å². The Balaban J connectivity index is 2.33. The molecule has 1 aliphatic heterocycles. The molecule has 0 saturated carbocycles. The first kappa shape index (κ1) is 54.9. The maximum atomic E-state index is 12.6. The highest BCUT2D eigenvalue weighted by Gasteiger charge is 2.36. The highest BCUT2D eigenvalue weighted by atomic mass is 31.2. The fourth-order valence-electron chi connectivity index (χ4n) is 5.60. The molecule has 1 heterocycles. The molecule has 0 aromatic carbocycles. The zero-order chi connectivity index (χ0) is 43.8. The number of unbranched alkanes of at least 4 members (excludes halogenated alkanes) is 7. The first-order valence-electron chi connectivity index (χ1n) is 22.3. The molecule has 0 aromatic rings. The van der Waals surface area contributed by atoms with Crippen LogP contribution in [0, 0.1) is 0 Å². The zero-order valence-electron chi connectivity index (χ0n) is 36.6.